The molecule has 12 heteroatoms. The first-order chi connectivity index (χ1) is 16.6. The van der Waals surface area contributed by atoms with E-state index in [1.54, 1.807) is 36.5 Å². The monoisotopic (exact) mass is 511 g/mol. The van der Waals surface area contributed by atoms with E-state index in [0.29, 0.717) is 38.6 Å². The van der Waals surface area contributed by atoms with Crippen LogP contribution in [-0.2, 0) is 10.3 Å². The third kappa shape index (κ3) is 4.98. The van der Waals surface area contributed by atoms with E-state index >= 15 is 0 Å². The number of carbonyl (C=O) groups excluding carboxylic acids is 1. The van der Waals surface area contributed by atoms with Gasteiger partial charge in [-0.05, 0) is 45.0 Å². The fourth-order valence-electron chi connectivity index (χ4n) is 3.33. The zero-order valence-corrected chi connectivity index (χ0v) is 20.7. The number of carbonyl (C=O) groups is 1. The van der Waals surface area contributed by atoms with E-state index in [1.807, 2.05) is 21.5 Å². The SMILES string of the molecule is CC(C)(C)n1ccc2nnc(-c3ccc(N/C(=C/Nc4c(Cl)cccc4Cl)C(=N)C(N)=O)cn3)n21. The van der Waals surface area contributed by atoms with E-state index in [1.165, 1.54) is 6.20 Å². The van der Waals surface area contributed by atoms with Crippen molar-refractivity contribution < 1.29 is 4.79 Å². The molecule has 0 unspecified atom stereocenters. The topological polar surface area (TPSA) is 139 Å². The van der Waals surface area contributed by atoms with Gasteiger partial charge in [-0.3, -0.25) is 19.9 Å². The molecule has 0 saturated heterocycles. The number of halogens is 2. The summed E-state index contributed by atoms with van der Waals surface area (Å²) in [6, 6.07) is 10.4. The van der Waals surface area contributed by atoms with Gasteiger partial charge in [0.05, 0.1) is 38.9 Å². The van der Waals surface area contributed by atoms with Gasteiger partial charge in [-0.1, -0.05) is 29.3 Å². The number of pyridine rings is 1. The molecule has 0 radical (unpaired) electrons. The number of primary amides is 1. The van der Waals surface area contributed by atoms with Gasteiger partial charge in [0.2, 0.25) is 5.82 Å². The van der Waals surface area contributed by atoms with Crippen LogP contribution in [0, 0.1) is 5.41 Å². The van der Waals surface area contributed by atoms with Crippen LogP contribution in [0.4, 0.5) is 11.4 Å². The first kappa shape index (κ1) is 24.2. The molecule has 0 saturated carbocycles. The average molecular weight is 512 g/mol. The number of fused-ring (bicyclic) bond motifs is 1. The van der Waals surface area contributed by atoms with Crippen LogP contribution in [0.5, 0.6) is 0 Å². The van der Waals surface area contributed by atoms with Crippen molar-refractivity contribution in [3.63, 3.8) is 0 Å². The van der Waals surface area contributed by atoms with Gasteiger partial charge in [-0.2, -0.15) is 0 Å². The van der Waals surface area contributed by atoms with Crippen molar-refractivity contribution in [1.82, 2.24) is 24.4 Å². The van der Waals surface area contributed by atoms with Crippen molar-refractivity contribution in [1.29, 1.82) is 5.41 Å². The minimum atomic E-state index is -0.908. The first-order valence-electron chi connectivity index (χ1n) is 10.5. The van der Waals surface area contributed by atoms with E-state index in [9.17, 15) is 4.79 Å². The lowest BCUT2D eigenvalue weighted by molar-refractivity contribution is -0.112. The van der Waals surface area contributed by atoms with E-state index in [0.717, 1.165) is 0 Å². The molecule has 0 fully saturated rings. The highest BCUT2D eigenvalue weighted by Gasteiger charge is 2.20. The molecular formula is C23H23Cl2N9O. The van der Waals surface area contributed by atoms with Crippen molar-refractivity contribution in [2.75, 3.05) is 10.6 Å². The van der Waals surface area contributed by atoms with E-state index in [-0.39, 0.29) is 11.2 Å². The van der Waals surface area contributed by atoms with E-state index in [4.69, 9.17) is 34.3 Å². The van der Waals surface area contributed by atoms with Crippen LogP contribution in [-0.4, -0.2) is 36.0 Å². The number of nitrogens with two attached hydrogens (primary N) is 1. The Hall–Kier alpha value is -3.89. The van der Waals surface area contributed by atoms with Gasteiger partial charge in [0.15, 0.2) is 5.65 Å². The summed E-state index contributed by atoms with van der Waals surface area (Å²) in [6.07, 6.45) is 4.91. The predicted molar refractivity (Wildman–Crippen MR) is 138 cm³/mol. The summed E-state index contributed by atoms with van der Waals surface area (Å²) < 4.78 is 3.94. The Bertz CT molecular complexity index is 1430. The lowest BCUT2D eigenvalue weighted by Crippen LogP contribution is -2.27. The molecule has 5 N–H and O–H groups in total. The Balaban J connectivity index is 1.63. The first-order valence-corrected chi connectivity index (χ1v) is 11.3. The van der Waals surface area contributed by atoms with Gasteiger partial charge in [-0.25, -0.2) is 4.52 Å². The van der Waals surface area contributed by atoms with Gasteiger partial charge in [0.1, 0.15) is 11.4 Å². The molecular weight excluding hydrogens is 489 g/mol. The van der Waals surface area contributed by atoms with Crippen LogP contribution in [0.1, 0.15) is 20.8 Å². The molecule has 10 nitrogen and oxygen atoms in total. The number of amides is 1. The number of hydrogen-bond acceptors (Lipinski definition) is 7. The van der Waals surface area contributed by atoms with Crippen molar-refractivity contribution in [2.45, 2.75) is 26.3 Å². The Kier molecular flexibility index (Phi) is 6.51. The summed E-state index contributed by atoms with van der Waals surface area (Å²) in [6.45, 7) is 6.26. The predicted octanol–water partition coefficient (Wildman–Crippen LogP) is 4.53. The minimum absolute atomic E-state index is 0.106. The maximum absolute atomic E-state index is 11.7. The lowest BCUT2D eigenvalue weighted by atomic mass is 10.1. The largest absolute Gasteiger partial charge is 0.364 e. The molecule has 0 atom stereocenters. The number of nitrogens with one attached hydrogen (secondary N) is 3. The van der Waals surface area contributed by atoms with Crippen LogP contribution < -0.4 is 16.4 Å². The summed E-state index contributed by atoms with van der Waals surface area (Å²) in [5, 5.41) is 23.3. The number of rotatable bonds is 7. The lowest BCUT2D eigenvalue weighted by Gasteiger charge is -2.22. The molecule has 180 valence electrons. The number of benzene rings is 1. The van der Waals surface area contributed by atoms with Crippen LogP contribution >= 0.6 is 23.2 Å². The highest BCUT2D eigenvalue weighted by molar-refractivity contribution is 6.44. The van der Waals surface area contributed by atoms with Gasteiger partial charge in [0, 0.05) is 18.5 Å². The van der Waals surface area contributed by atoms with Crippen LogP contribution in [0.25, 0.3) is 17.2 Å². The fourth-order valence-corrected chi connectivity index (χ4v) is 3.84. The second-order valence-electron chi connectivity index (χ2n) is 8.62. The van der Waals surface area contributed by atoms with Gasteiger partial charge in [-0.15, -0.1) is 10.2 Å². The normalized spacial score (nSPS) is 12.1. The zero-order valence-electron chi connectivity index (χ0n) is 19.2. The van der Waals surface area contributed by atoms with Crippen molar-refractivity contribution in [3.05, 3.63) is 70.7 Å². The smallest absolute Gasteiger partial charge is 0.268 e. The van der Waals surface area contributed by atoms with E-state index in [2.05, 4.69) is 46.6 Å². The van der Waals surface area contributed by atoms with Crippen molar-refractivity contribution in [2.24, 2.45) is 5.73 Å². The highest BCUT2D eigenvalue weighted by Crippen LogP contribution is 2.30. The van der Waals surface area contributed by atoms with Crippen molar-refractivity contribution >= 4 is 51.8 Å². The summed E-state index contributed by atoms with van der Waals surface area (Å²) in [5.74, 6) is -0.323. The van der Waals surface area contributed by atoms with Crippen LogP contribution in [0.15, 0.2) is 60.7 Å². The summed E-state index contributed by atoms with van der Waals surface area (Å²) in [7, 11) is 0. The highest BCUT2D eigenvalue weighted by atomic mass is 35.5. The quantitative estimate of drug-likeness (QED) is 0.269. The summed E-state index contributed by atoms with van der Waals surface area (Å²) >= 11 is 12.4. The molecule has 0 spiro atoms. The molecule has 35 heavy (non-hydrogen) atoms. The maximum atomic E-state index is 11.7. The maximum Gasteiger partial charge on any atom is 0.268 e. The Morgan fingerprint density at radius 1 is 1.11 bits per heavy atom. The van der Waals surface area contributed by atoms with Crippen LogP contribution in [0.3, 0.4) is 0 Å². The summed E-state index contributed by atoms with van der Waals surface area (Å²) in [4.78, 5) is 16.2. The molecule has 1 amide bonds. The average Bonchev–Trinajstić information content (AvgIpc) is 3.40. The molecule has 0 aliphatic rings. The number of hydrogen-bond donors (Lipinski definition) is 4. The molecule has 0 aliphatic heterocycles. The van der Waals surface area contributed by atoms with Crippen molar-refractivity contribution in [3.8, 4) is 11.5 Å². The molecule has 0 bridgehead atoms. The molecule has 0 aliphatic carbocycles. The van der Waals surface area contributed by atoms with Gasteiger partial charge < -0.3 is 16.4 Å². The molecule has 3 heterocycles. The standard InChI is InChI=1S/C23H23Cl2N9O/c1-23(2,3)33-10-9-18-31-32-22(34(18)33)16-8-7-13(11-28-16)30-17(19(26)21(27)35)12-29-20-14(24)5-4-6-15(20)25/h4-12,26,29-30H,1-3H3,(H2,27,35)/b17-12+,26-19?. The minimum Gasteiger partial charge on any atom is -0.364 e. The second-order valence-corrected chi connectivity index (χ2v) is 9.43. The number of anilines is 2. The zero-order chi connectivity index (χ0) is 25.3. The van der Waals surface area contributed by atoms with Gasteiger partial charge >= 0.3 is 0 Å². The fraction of sp³-hybridized carbons (Fsp3) is 0.174. The number of nitrogens with zero attached hydrogens (tertiary/aromatic N) is 5. The molecule has 4 aromatic rings. The Labute approximate surface area is 211 Å². The third-order valence-corrected chi connectivity index (χ3v) is 5.67. The van der Waals surface area contributed by atoms with Crippen LogP contribution in [0.2, 0.25) is 10.0 Å². The third-order valence-electron chi connectivity index (χ3n) is 5.04. The summed E-state index contributed by atoms with van der Waals surface area (Å²) in [5.41, 5.74) is 7.08. The Morgan fingerprint density at radius 3 is 2.43 bits per heavy atom. The molecule has 1 aromatic carbocycles. The molecule has 3 aromatic heterocycles. The molecule has 4 rings (SSSR count). The number of para-hydroxylation sites is 1. The van der Waals surface area contributed by atoms with E-state index < -0.39 is 11.6 Å². The second kappa shape index (κ2) is 9.40. The number of aromatic nitrogens is 5. The Morgan fingerprint density at radius 2 is 1.83 bits per heavy atom. The van der Waals surface area contributed by atoms with Gasteiger partial charge in [0.25, 0.3) is 5.91 Å².